The molecule has 0 unspecified atom stereocenters. The fourth-order valence-corrected chi connectivity index (χ4v) is 1.94. The molecule has 18 heavy (non-hydrogen) atoms. The second-order valence-corrected chi connectivity index (χ2v) is 4.61. The average molecular weight is 245 g/mol. The maximum Gasteiger partial charge on any atom is 0.101 e. The molecule has 0 radical (unpaired) electrons. The van der Waals surface area contributed by atoms with Crippen molar-refractivity contribution in [2.45, 2.75) is 45.4 Å². The highest BCUT2D eigenvalue weighted by atomic mass is 14.9. The average Bonchev–Trinajstić information content (AvgIpc) is 2.39. The van der Waals surface area contributed by atoms with Crippen LogP contribution in [0.3, 0.4) is 0 Å². The molecule has 0 aliphatic rings. The normalized spacial score (nSPS) is 10.0. The minimum absolute atomic E-state index is 0.626. The van der Waals surface area contributed by atoms with E-state index in [0.29, 0.717) is 11.3 Å². The molecule has 98 valence electrons. The van der Waals surface area contributed by atoms with Gasteiger partial charge in [-0.15, -0.1) is 0 Å². The van der Waals surface area contributed by atoms with E-state index in [1.807, 2.05) is 12.1 Å². The maximum absolute atomic E-state index is 9.00. The Morgan fingerprint density at radius 1 is 1.17 bits per heavy atom. The molecule has 1 aromatic rings. The summed E-state index contributed by atoms with van der Waals surface area (Å²) >= 11 is 0. The number of unbranched alkanes of at least 4 members (excludes halogenated alkanes) is 5. The molecule has 1 aromatic carbocycles. The molecular formula is C15H23N3. The Morgan fingerprint density at radius 3 is 2.61 bits per heavy atom. The number of nitriles is 1. The van der Waals surface area contributed by atoms with Crippen molar-refractivity contribution in [3.05, 3.63) is 23.8 Å². The van der Waals surface area contributed by atoms with Gasteiger partial charge in [0.2, 0.25) is 0 Å². The first-order valence-corrected chi connectivity index (χ1v) is 6.81. The van der Waals surface area contributed by atoms with Crippen LogP contribution in [0.4, 0.5) is 11.4 Å². The summed E-state index contributed by atoms with van der Waals surface area (Å²) in [7, 11) is 0. The van der Waals surface area contributed by atoms with Crippen LogP contribution in [0, 0.1) is 11.3 Å². The number of benzene rings is 1. The lowest BCUT2D eigenvalue weighted by Gasteiger charge is -2.08. The molecule has 0 aromatic heterocycles. The number of rotatable bonds is 8. The molecule has 3 nitrogen and oxygen atoms in total. The van der Waals surface area contributed by atoms with Gasteiger partial charge in [0.25, 0.3) is 0 Å². The van der Waals surface area contributed by atoms with Gasteiger partial charge in [0.1, 0.15) is 6.07 Å². The second kappa shape index (κ2) is 8.41. The van der Waals surface area contributed by atoms with Crippen molar-refractivity contribution in [2.24, 2.45) is 0 Å². The maximum atomic E-state index is 9.00. The van der Waals surface area contributed by atoms with Gasteiger partial charge in [-0.25, -0.2) is 0 Å². The van der Waals surface area contributed by atoms with Crippen LogP contribution in [0.2, 0.25) is 0 Å². The summed E-state index contributed by atoms with van der Waals surface area (Å²) in [6.07, 6.45) is 7.67. The quantitative estimate of drug-likeness (QED) is 0.539. The molecule has 0 amide bonds. The fraction of sp³-hybridized carbons (Fsp3) is 0.533. The van der Waals surface area contributed by atoms with Gasteiger partial charge in [0.15, 0.2) is 0 Å². The molecular weight excluding hydrogens is 222 g/mol. The summed E-state index contributed by atoms with van der Waals surface area (Å²) in [4.78, 5) is 0. The number of nitrogens with two attached hydrogens (primary N) is 1. The van der Waals surface area contributed by atoms with E-state index >= 15 is 0 Å². The Balaban J connectivity index is 2.25. The van der Waals surface area contributed by atoms with Gasteiger partial charge in [-0.05, 0) is 24.6 Å². The van der Waals surface area contributed by atoms with Crippen LogP contribution in [0.5, 0.6) is 0 Å². The molecule has 0 saturated carbocycles. The number of nitrogens with one attached hydrogen (secondary N) is 1. The smallest absolute Gasteiger partial charge is 0.101 e. The lowest BCUT2D eigenvalue weighted by Crippen LogP contribution is -2.03. The molecule has 0 bridgehead atoms. The predicted octanol–water partition coefficient (Wildman–Crippen LogP) is 3.91. The molecule has 0 atom stereocenters. The fourth-order valence-electron chi connectivity index (χ4n) is 1.94. The molecule has 0 heterocycles. The Morgan fingerprint density at radius 2 is 1.89 bits per heavy atom. The Hall–Kier alpha value is -1.69. The van der Waals surface area contributed by atoms with Crippen LogP contribution < -0.4 is 11.1 Å². The van der Waals surface area contributed by atoms with E-state index in [9.17, 15) is 0 Å². The molecule has 3 N–H and O–H groups in total. The molecule has 0 fully saturated rings. The van der Waals surface area contributed by atoms with Gasteiger partial charge >= 0.3 is 0 Å². The second-order valence-electron chi connectivity index (χ2n) is 4.61. The number of nitrogens with zero attached hydrogens (tertiary/aromatic N) is 1. The lowest BCUT2D eigenvalue weighted by atomic mass is 10.1. The summed E-state index contributed by atoms with van der Waals surface area (Å²) in [5.41, 5.74) is 7.80. The van der Waals surface area contributed by atoms with E-state index in [2.05, 4.69) is 18.3 Å². The van der Waals surface area contributed by atoms with Crippen LogP contribution in [-0.2, 0) is 0 Å². The number of hydrogen-bond acceptors (Lipinski definition) is 3. The standard InChI is InChI=1S/C15H23N3/c1-2-3-4-5-6-7-10-18-15-9-8-14(17)11-13(15)12-16/h8-9,11,18H,2-7,10,17H2,1H3. The largest absolute Gasteiger partial charge is 0.399 e. The third-order valence-electron chi connectivity index (χ3n) is 3.01. The van der Waals surface area contributed by atoms with Crippen LogP contribution >= 0.6 is 0 Å². The Labute approximate surface area is 110 Å². The van der Waals surface area contributed by atoms with E-state index in [1.54, 1.807) is 6.07 Å². The van der Waals surface area contributed by atoms with Crippen molar-refractivity contribution in [3.63, 3.8) is 0 Å². The first-order chi connectivity index (χ1) is 8.77. The number of nitrogen functional groups attached to an aromatic ring is 1. The van der Waals surface area contributed by atoms with E-state index in [-0.39, 0.29) is 0 Å². The van der Waals surface area contributed by atoms with Crippen molar-refractivity contribution >= 4 is 11.4 Å². The van der Waals surface area contributed by atoms with Crippen molar-refractivity contribution in [2.75, 3.05) is 17.6 Å². The van der Waals surface area contributed by atoms with E-state index in [0.717, 1.165) is 18.7 Å². The first kappa shape index (κ1) is 14.4. The Bertz CT molecular complexity index is 393. The monoisotopic (exact) mass is 245 g/mol. The highest BCUT2D eigenvalue weighted by Gasteiger charge is 2.01. The van der Waals surface area contributed by atoms with Gasteiger partial charge in [0, 0.05) is 12.2 Å². The zero-order valence-corrected chi connectivity index (χ0v) is 11.2. The van der Waals surface area contributed by atoms with Gasteiger partial charge in [0.05, 0.1) is 11.3 Å². The van der Waals surface area contributed by atoms with Gasteiger partial charge in [-0.3, -0.25) is 0 Å². The highest BCUT2D eigenvalue weighted by molar-refractivity contribution is 5.62. The predicted molar refractivity (Wildman–Crippen MR) is 77.4 cm³/mol. The minimum Gasteiger partial charge on any atom is -0.399 e. The molecule has 0 saturated heterocycles. The minimum atomic E-state index is 0.626. The van der Waals surface area contributed by atoms with Crippen molar-refractivity contribution in [1.82, 2.24) is 0 Å². The van der Waals surface area contributed by atoms with Crippen molar-refractivity contribution in [1.29, 1.82) is 5.26 Å². The zero-order valence-electron chi connectivity index (χ0n) is 11.2. The molecule has 0 aliphatic carbocycles. The van der Waals surface area contributed by atoms with Crippen molar-refractivity contribution in [3.8, 4) is 6.07 Å². The van der Waals surface area contributed by atoms with E-state index < -0.39 is 0 Å². The first-order valence-electron chi connectivity index (χ1n) is 6.81. The number of hydrogen-bond donors (Lipinski definition) is 2. The topological polar surface area (TPSA) is 61.8 Å². The van der Waals surface area contributed by atoms with E-state index in [4.69, 9.17) is 11.0 Å². The van der Waals surface area contributed by atoms with Crippen LogP contribution in [0.1, 0.15) is 51.0 Å². The van der Waals surface area contributed by atoms with Gasteiger partial charge in [-0.1, -0.05) is 39.0 Å². The summed E-state index contributed by atoms with van der Waals surface area (Å²) < 4.78 is 0. The molecule has 1 rings (SSSR count). The van der Waals surface area contributed by atoms with Crippen molar-refractivity contribution < 1.29 is 0 Å². The Kier molecular flexibility index (Phi) is 6.71. The summed E-state index contributed by atoms with van der Waals surface area (Å²) in [6, 6.07) is 7.58. The van der Waals surface area contributed by atoms with Crippen LogP contribution in [0.25, 0.3) is 0 Å². The summed E-state index contributed by atoms with van der Waals surface area (Å²) in [6.45, 7) is 3.15. The third kappa shape index (κ3) is 5.09. The van der Waals surface area contributed by atoms with E-state index in [1.165, 1.54) is 32.1 Å². The molecule has 0 spiro atoms. The lowest BCUT2D eigenvalue weighted by molar-refractivity contribution is 0.617. The summed E-state index contributed by atoms with van der Waals surface area (Å²) in [5.74, 6) is 0. The SMILES string of the molecule is CCCCCCCCNc1ccc(N)cc1C#N. The molecule has 3 heteroatoms. The van der Waals surface area contributed by atoms with Crippen LogP contribution in [-0.4, -0.2) is 6.54 Å². The van der Waals surface area contributed by atoms with Crippen LogP contribution in [0.15, 0.2) is 18.2 Å². The van der Waals surface area contributed by atoms with Gasteiger partial charge in [-0.2, -0.15) is 5.26 Å². The zero-order chi connectivity index (χ0) is 13.2. The number of anilines is 2. The summed E-state index contributed by atoms with van der Waals surface area (Å²) in [5, 5.41) is 12.3. The highest BCUT2D eigenvalue weighted by Crippen LogP contribution is 2.18. The third-order valence-corrected chi connectivity index (χ3v) is 3.01. The molecule has 0 aliphatic heterocycles. The van der Waals surface area contributed by atoms with Gasteiger partial charge < -0.3 is 11.1 Å².